The first-order chi connectivity index (χ1) is 9.62. The predicted octanol–water partition coefficient (Wildman–Crippen LogP) is 2.55. The maximum atomic E-state index is 5.61. The Balaban J connectivity index is 1.28. The Bertz CT molecular complexity index is 319. The summed E-state index contributed by atoms with van der Waals surface area (Å²) < 4.78 is 11.2. The van der Waals surface area contributed by atoms with E-state index in [1.807, 2.05) is 0 Å². The molecule has 1 saturated carbocycles. The van der Waals surface area contributed by atoms with E-state index in [-0.39, 0.29) is 0 Å². The van der Waals surface area contributed by atoms with Crippen molar-refractivity contribution in [3.05, 3.63) is 0 Å². The van der Waals surface area contributed by atoms with Gasteiger partial charge in [0, 0.05) is 37.8 Å². The molecule has 4 aliphatic rings. The zero-order chi connectivity index (χ0) is 13.8. The third-order valence-corrected chi connectivity index (χ3v) is 6.92. The molecule has 0 aromatic heterocycles. The van der Waals surface area contributed by atoms with Gasteiger partial charge in [-0.05, 0) is 49.9 Å². The molecule has 3 heteroatoms. The molecule has 114 valence electrons. The highest BCUT2D eigenvalue weighted by molar-refractivity contribution is 5.03. The lowest BCUT2D eigenvalue weighted by atomic mass is 9.57. The summed E-state index contributed by atoms with van der Waals surface area (Å²) in [5, 5.41) is 0. The van der Waals surface area contributed by atoms with Crippen LogP contribution in [0.1, 0.15) is 39.5 Å². The first-order valence-electron chi connectivity index (χ1n) is 8.51. The molecule has 3 aliphatic heterocycles. The highest BCUT2D eigenvalue weighted by Gasteiger charge is 2.52. The van der Waals surface area contributed by atoms with Gasteiger partial charge < -0.3 is 9.47 Å². The van der Waals surface area contributed by atoms with Crippen molar-refractivity contribution in [3.8, 4) is 0 Å². The van der Waals surface area contributed by atoms with Crippen LogP contribution in [0.25, 0.3) is 0 Å². The van der Waals surface area contributed by atoms with E-state index in [0.29, 0.717) is 10.8 Å². The number of nitrogens with zero attached hydrogens (tertiary/aromatic N) is 1. The van der Waals surface area contributed by atoms with Gasteiger partial charge in [0.05, 0.1) is 13.2 Å². The SMILES string of the molecule is CC(C1CC2(CCOC2)C1)C(C)N1CC2(CCOC2)C1. The Kier molecular flexibility index (Phi) is 3.17. The van der Waals surface area contributed by atoms with Crippen molar-refractivity contribution < 1.29 is 9.47 Å². The minimum absolute atomic E-state index is 0.536. The van der Waals surface area contributed by atoms with Crippen LogP contribution in [-0.4, -0.2) is 50.5 Å². The van der Waals surface area contributed by atoms with Crippen LogP contribution < -0.4 is 0 Å². The van der Waals surface area contributed by atoms with Gasteiger partial charge >= 0.3 is 0 Å². The molecule has 0 amide bonds. The molecule has 2 spiro atoms. The quantitative estimate of drug-likeness (QED) is 0.792. The summed E-state index contributed by atoms with van der Waals surface area (Å²) in [5.74, 6) is 1.77. The molecule has 3 nitrogen and oxygen atoms in total. The molecular formula is C17H29NO2. The van der Waals surface area contributed by atoms with Crippen molar-refractivity contribution in [1.82, 2.24) is 4.90 Å². The number of hydrogen-bond donors (Lipinski definition) is 0. The molecule has 0 radical (unpaired) electrons. The molecule has 20 heavy (non-hydrogen) atoms. The molecule has 2 unspecified atom stereocenters. The van der Waals surface area contributed by atoms with Gasteiger partial charge in [0.15, 0.2) is 0 Å². The Hall–Kier alpha value is -0.120. The summed E-state index contributed by atoms with van der Waals surface area (Å²) >= 11 is 0. The van der Waals surface area contributed by atoms with E-state index in [4.69, 9.17) is 9.47 Å². The van der Waals surface area contributed by atoms with E-state index < -0.39 is 0 Å². The molecule has 0 bridgehead atoms. The second kappa shape index (κ2) is 4.69. The van der Waals surface area contributed by atoms with Crippen LogP contribution in [0.3, 0.4) is 0 Å². The van der Waals surface area contributed by atoms with E-state index in [1.165, 1.54) is 38.8 Å². The molecule has 2 atom stereocenters. The van der Waals surface area contributed by atoms with Gasteiger partial charge in [-0.25, -0.2) is 0 Å². The first-order valence-corrected chi connectivity index (χ1v) is 8.51. The van der Waals surface area contributed by atoms with Crippen molar-refractivity contribution in [2.45, 2.75) is 45.6 Å². The maximum Gasteiger partial charge on any atom is 0.0547 e. The van der Waals surface area contributed by atoms with Crippen molar-refractivity contribution >= 4 is 0 Å². The molecule has 3 heterocycles. The third kappa shape index (κ3) is 2.05. The molecule has 3 saturated heterocycles. The van der Waals surface area contributed by atoms with Gasteiger partial charge in [-0.15, -0.1) is 0 Å². The van der Waals surface area contributed by atoms with Crippen LogP contribution in [0.15, 0.2) is 0 Å². The average Bonchev–Trinajstić information content (AvgIpc) is 3.01. The van der Waals surface area contributed by atoms with Gasteiger partial charge in [-0.2, -0.15) is 0 Å². The normalized spacial score (nSPS) is 42.6. The van der Waals surface area contributed by atoms with Crippen LogP contribution in [0.2, 0.25) is 0 Å². The summed E-state index contributed by atoms with van der Waals surface area (Å²) in [6.45, 7) is 11.5. The summed E-state index contributed by atoms with van der Waals surface area (Å²) in [6, 6.07) is 0.742. The van der Waals surface area contributed by atoms with Crippen LogP contribution >= 0.6 is 0 Å². The predicted molar refractivity (Wildman–Crippen MR) is 78.7 cm³/mol. The lowest BCUT2D eigenvalue weighted by molar-refractivity contribution is -0.0735. The van der Waals surface area contributed by atoms with Crippen molar-refractivity contribution in [2.24, 2.45) is 22.7 Å². The summed E-state index contributed by atoms with van der Waals surface area (Å²) in [5.41, 5.74) is 1.13. The minimum atomic E-state index is 0.536. The third-order valence-electron chi connectivity index (χ3n) is 6.92. The molecule has 0 N–H and O–H groups in total. The Morgan fingerprint density at radius 2 is 1.55 bits per heavy atom. The van der Waals surface area contributed by atoms with Crippen LogP contribution in [0.5, 0.6) is 0 Å². The second-order valence-corrected chi connectivity index (χ2v) is 8.28. The van der Waals surface area contributed by atoms with E-state index in [1.54, 1.807) is 0 Å². The lowest BCUT2D eigenvalue weighted by Crippen LogP contribution is -2.62. The highest BCUT2D eigenvalue weighted by atomic mass is 16.5. The first kappa shape index (κ1) is 13.5. The molecule has 1 aliphatic carbocycles. The van der Waals surface area contributed by atoms with E-state index in [0.717, 1.165) is 44.3 Å². The second-order valence-electron chi connectivity index (χ2n) is 8.28. The molecule has 4 rings (SSSR count). The topological polar surface area (TPSA) is 21.7 Å². The van der Waals surface area contributed by atoms with Gasteiger partial charge in [0.25, 0.3) is 0 Å². The fraction of sp³-hybridized carbons (Fsp3) is 1.00. The van der Waals surface area contributed by atoms with E-state index >= 15 is 0 Å². The fourth-order valence-electron chi connectivity index (χ4n) is 5.12. The maximum absolute atomic E-state index is 5.61. The molecule has 0 aromatic rings. The average molecular weight is 279 g/mol. The van der Waals surface area contributed by atoms with E-state index in [2.05, 4.69) is 18.7 Å². The van der Waals surface area contributed by atoms with Gasteiger partial charge in [-0.3, -0.25) is 4.90 Å². The number of hydrogen-bond acceptors (Lipinski definition) is 3. The highest BCUT2D eigenvalue weighted by Crippen LogP contribution is 2.55. The molecular weight excluding hydrogens is 250 g/mol. The zero-order valence-electron chi connectivity index (χ0n) is 13.1. The molecule has 4 fully saturated rings. The monoisotopic (exact) mass is 279 g/mol. The van der Waals surface area contributed by atoms with Gasteiger partial charge in [0.1, 0.15) is 0 Å². The van der Waals surface area contributed by atoms with Gasteiger partial charge in [0.2, 0.25) is 0 Å². The van der Waals surface area contributed by atoms with Crippen molar-refractivity contribution in [1.29, 1.82) is 0 Å². The Morgan fingerprint density at radius 3 is 2.10 bits per heavy atom. The number of ether oxygens (including phenoxy) is 2. The zero-order valence-corrected chi connectivity index (χ0v) is 13.1. The lowest BCUT2D eigenvalue weighted by Gasteiger charge is -2.55. The Labute approximate surface area is 123 Å². The minimum Gasteiger partial charge on any atom is -0.381 e. The summed E-state index contributed by atoms with van der Waals surface area (Å²) in [6.07, 6.45) is 5.43. The van der Waals surface area contributed by atoms with Crippen molar-refractivity contribution in [2.75, 3.05) is 39.5 Å². The fourth-order valence-corrected chi connectivity index (χ4v) is 5.12. The smallest absolute Gasteiger partial charge is 0.0547 e. The van der Waals surface area contributed by atoms with E-state index in [9.17, 15) is 0 Å². The van der Waals surface area contributed by atoms with Crippen LogP contribution in [-0.2, 0) is 9.47 Å². The number of likely N-dealkylation sites (tertiary alicyclic amines) is 1. The van der Waals surface area contributed by atoms with Crippen LogP contribution in [0, 0.1) is 22.7 Å². The largest absolute Gasteiger partial charge is 0.381 e. The number of rotatable bonds is 3. The summed E-state index contributed by atoms with van der Waals surface area (Å²) in [7, 11) is 0. The van der Waals surface area contributed by atoms with Gasteiger partial charge in [-0.1, -0.05) is 6.92 Å². The van der Waals surface area contributed by atoms with Crippen LogP contribution in [0.4, 0.5) is 0 Å². The van der Waals surface area contributed by atoms with Crippen molar-refractivity contribution in [3.63, 3.8) is 0 Å². The standard InChI is InChI=1S/C17H29NO2/c1-13(15-7-16(8-15)3-5-19-11-16)14(2)18-9-17(10-18)4-6-20-12-17/h13-15H,3-12H2,1-2H3. The molecule has 0 aromatic carbocycles. The Morgan fingerprint density at radius 1 is 0.950 bits per heavy atom. The summed E-state index contributed by atoms with van der Waals surface area (Å²) in [4.78, 5) is 2.70.